The Balaban J connectivity index is 1.97. The molecule has 4 nitrogen and oxygen atoms in total. The Kier molecular flexibility index (Phi) is 4.80. The van der Waals surface area contributed by atoms with E-state index in [-0.39, 0.29) is 0 Å². The maximum Gasteiger partial charge on any atom is 0.0588 e. The predicted octanol–water partition coefficient (Wildman–Crippen LogP) is 2.69. The number of aryl methyl sites for hydroxylation is 2. The first kappa shape index (κ1) is 13.9. The van der Waals surface area contributed by atoms with Crippen LogP contribution in [0.1, 0.15) is 32.4 Å². The van der Waals surface area contributed by atoms with Crippen LogP contribution >= 0.6 is 0 Å². The molecule has 1 N–H and O–H groups in total. The highest BCUT2D eigenvalue weighted by Gasteiger charge is 2.15. The van der Waals surface area contributed by atoms with Gasteiger partial charge in [0, 0.05) is 37.4 Å². The maximum absolute atomic E-state index is 4.22. The molecule has 1 unspecified atom stereocenters. The van der Waals surface area contributed by atoms with Crippen molar-refractivity contribution in [1.29, 1.82) is 0 Å². The van der Waals surface area contributed by atoms with Crippen LogP contribution in [0.25, 0.3) is 0 Å². The van der Waals surface area contributed by atoms with Gasteiger partial charge in [-0.25, -0.2) is 0 Å². The molecule has 2 aromatic rings. The second-order valence-corrected chi connectivity index (χ2v) is 5.23. The van der Waals surface area contributed by atoms with E-state index in [1.165, 1.54) is 5.56 Å². The van der Waals surface area contributed by atoms with E-state index in [1.807, 2.05) is 23.1 Å². The third kappa shape index (κ3) is 3.70. The fourth-order valence-electron chi connectivity index (χ4n) is 2.39. The molecule has 104 valence electrons. The van der Waals surface area contributed by atoms with E-state index in [0.717, 1.165) is 19.6 Å². The fraction of sp³-hybridized carbons (Fsp3) is 0.533. The summed E-state index contributed by atoms with van der Waals surface area (Å²) < 4.78 is 4.20. The number of hydrogen-bond donors (Lipinski definition) is 1. The van der Waals surface area contributed by atoms with Crippen molar-refractivity contribution in [3.05, 3.63) is 42.5 Å². The van der Waals surface area contributed by atoms with E-state index in [0.29, 0.717) is 12.0 Å². The summed E-state index contributed by atoms with van der Waals surface area (Å²) in [4.78, 5) is 0. The minimum atomic E-state index is 0.441. The second-order valence-electron chi connectivity index (χ2n) is 5.23. The molecule has 0 amide bonds. The van der Waals surface area contributed by atoms with Crippen LogP contribution in [0.2, 0.25) is 0 Å². The zero-order valence-electron chi connectivity index (χ0n) is 12.1. The molecule has 2 rings (SSSR count). The number of rotatable bonds is 7. The molecule has 2 heterocycles. The standard InChI is InChI=1S/C15H24N4/c1-4-16-15(13(2)3)14-6-9-18(12-14)10-11-19-8-5-7-17-19/h5-9,12-13,15-16H,4,10-11H2,1-3H3. The van der Waals surface area contributed by atoms with Crippen LogP contribution in [0.3, 0.4) is 0 Å². The molecule has 1 atom stereocenters. The Morgan fingerprint density at radius 1 is 1.26 bits per heavy atom. The Bertz CT molecular complexity index is 470. The lowest BCUT2D eigenvalue weighted by Crippen LogP contribution is -2.25. The zero-order chi connectivity index (χ0) is 13.7. The van der Waals surface area contributed by atoms with Crippen LogP contribution in [0.15, 0.2) is 36.9 Å². The van der Waals surface area contributed by atoms with E-state index >= 15 is 0 Å². The third-order valence-corrected chi connectivity index (χ3v) is 3.37. The molecule has 0 spiro atoms. The molecule has 0 fully saturated rings. The summed E-state index contributed by atoms with van der Waals surface area (Å²) in [6, 6.07) is 4.62. The monoisotopic (exact) mass is 260 g/mol. The van der Waals surface area contributed by atoms with Crippen molar-refractivity contribution in [2.45, 2.75) is 39.9 Å². The molecule has 0 aliphatic heterocycles. The molecule has 0 radical (unpaired) electrons. The Labute approximate surface area is 115 Å². The van der Waals surface area contributed by atoms with Crippen LogP contribution in [0.5, 0.6) is 0 Å². The van der Waals surface area contributed by atoms with Gasteiger partial charge in [-0.05, 0) is 30.2 Å². The highest BCUT2D eigenvalue weighted by molar-refractivity contribution is 5.16. The van der Waals surface area contributed by atoms with Gasteiger partial charge in [0.1, 0.15) is 0 Å². The average Bonchev–Trinajstić information content (AvgIpc) is 3.04. The largest absolute Gasteiger partial charge is 0.352 e. The highest BCUT2D eigenvalue weighted by atomic mass is 15.3. The third-order valence-electron chi connectivity index (χ3n) is 3.37. The lowest BCUT2D eigenvalue weighted by atomic mass is 9.98. The van der Waals surface area contributed by atoms with Gasteiger partial charge < -0.3 is 9.88 Å². The lowest BCUT2D eigenvalue weighted by Gasteiger charge is -2.20. The molecular formula is C15H24N4. The van der Waals surface area contributed by atoms with E-state index in [4.69, 9.17) is 0 Å². The minimum Gasteiger partial charge on any atom is -0.352 e. The first-order valence-electron chi connectivity index (χ1n) is 7.07. The number of nitrogens with zero attached hydrogens (tertiary/aromatic N) is 3. The van der Waals surface area contributed by atoms with Gasteiger partial charge in [-0.15, -0.1) is 0 Å². The summed E-state index contributed by atoms with van der Waals surface area (Å²) in [7, 11) is 0. The van der Waals surface area contributed by atoms with Crippen molar-refractivity contribution in [2.24, 2.45) is 5.92 Å². The van der Waals surface area contributed by atoms with Crippen molar-refractivity contribution >= 4 is 0 Å². The Morgan fingerprint density at radius 3 is 2.74 bits per heavy atom. The van der Waals surface area contributed by atoms with Crippen molar-refractivity contribution in [1.82, 2.24) is 19.7 Å². The quantitative estimate of drug-likeness (QED) is 0.830. The molecular weight excluding hydrogens is 236 g/mol. The smallest absolute Gasteiger partial charge is 0.0588 e. The van der Waals surface area contributed by atoms with Crippen LogP contribution in [0, 0.1) is 5.92 Å². The second kappa shape index (κ2) is 6.57. The van der Waals surface area contributed by atoms with E-state index in [9.17, 15) is 0 Å². The summed E-state index contributed by atoms with van der Waals surface area (Å²) in [6.45, 7) is 9.54. The van der Waals surface area contributed by atoms with Crippen molar-refractivity contribution in [3.8, 4) is 0 Å². The van der Waals surface area contributed by atoms with Gasteiger partial charge in [-0.3, -0.25) is 4.68 Å². The molecule has 0 aliphatic carbocycles. The summed E-state index contributed by atoms with van der Waals surface area (Å²) in [5.41, 5.74) is 1.37. The Hall–Kier alpha value is -1.55. The number of hydrogen-bond acceptors (Lipinski definition) is 2. The van der Waals surface area contributed by atoms with Crippen molar-refractivity contribution in [3.63, 3.8) is 0 Å². The molecule has 19 heavy (non-hydrogen) atoms. The highest BCUT2D eigenvalue weighted by Crippen LogP contribution is 2.21. The molecule has 0 bridgehead atoms. The van der Waals surface area contributed by atoms with Gasteiger partial charge in [-0.2, -0.15) is 5.10 Å². The van der Waals surface area contributed by atoms with Crippen LogP contribution < -0.4 is 5.32 Å². The summed E-state index contributed by atoms with van der Waals surface area (Å²) in [5.74, 6) is 0.599. The van der Waals surface area contributed by atoms with Gasteiger partial charge in [0.05, 0.1) is 6.54 Å². The SMILES string of the molecule is CCNC(c1ccn(CCn2cccn2)c1)C(C)C. The van der Waals surface area contributed by atoms with Crippen molar-refractivity contribution in [2.75, 3.05) is 6.54 Å². The predicted molar refractivity (Wildman–Crippen MR) is 77.9 cm³/mol. The fourth-order valence-corrected chi connectivity index (χ4v) is 2.39. The molecule has 0 aliphatic rings. The molecule has 0 aromatic carbocycles. The molecule has 0 saturated carbocycles. The van der Waals surface area contributed by atoms with E-state index in [2.05, 4.69) is 54.2 Å². The normalized spacial score (nSPS) is 13.1. The van der Waals surface area contributed by atoms with Gasteiger partial charge in [0.25, 0.3) is 0 Å². The summed E-state index contributed by atoms with van der Waals surface area (Å²) in [6.07, 6.45) is 8.23. The summed E-state index contributed by atoms with van der Waals surface area (Å²) >= 11 is 0. The number of aromatic nitrogens is 3. The van der Waals surface area contributed by atoms with E-state index < -0.39 is 0 Å². The van der Waals surface area contributed by atoms with Crippen molar-refractivity contribution < 1.29 is 0 Å². The van der Waals surface area contributed by atoms with Crippen LogP contribution in [-0.2, 0) is 13.1 Å². The maximum atomic E-state index is 4.22. The van der Waals surface area contributed by atoms with E-state index in [1.54, 1.807) is 0 Å². The molecule has 4 heteroatoms. The van der Waals surface area contributed by atoms with Gasteiger partial charge >= 0.3 is 0 Å². The number of nitrogens with one attached hydrogen (secondary N) is 1. The average molecular weight is 260 g/mol. The van der Waals surface area contributed by atoms with Crippen LogP contribution in [0.4, 0.5) is 0 Å². The van der Waals surface area contributed by atoms with Gasteiger partial charge in [0.15, 0.2) is 0 Å². The first-order chi connectivity index (χ1) is 9.20. The van der Waals surface area contributed by atoms with Gasteiger partial charge in [0.2, 0.25) is 0 Å². The Morgan fingerprint density at radius 2 is 2.11 bits per heavy atom. The summed E-state index contributed by atoms with van der Waals surface area (Å²) in [5, 5.41) is 7.77. The molecule has 2 aromatic heterocycles. The minimum absolute atomic E-state index is 0.441. The van der Waals surface area contributed by atoms with Gasteiger partial charge in [-0.1, -0.05) is 20.8 Å². The topological polar surface area (TPSA) is 34.8 Å². The zero-order valence-corrected chi connectivity index (χ0v) is 12.1. The van der Waals surface area contributed by atoms with Crippen LogP contribution in [-0.4, -0.2) is 20.9 Å². The lowest BCUT2D eigenvalue weighted by molar-refractivity contribution is 0.420. The first-order valence-corrected chi connectivity index (χ1v) is 7.07. The molecule has 0 saturated heterocycles.